The van der Waals surface area contributed by atoms with E-state index in [0.29, 0.717) is 28.9 Å². The molecule has 0 saturated carbocycles. The fourth-order valence-corrected chi connectivity index (χ4v) is 5.27. The Morgan fingerprint density at radius 1 is 0.867 bits per heavy atom. The molecule has 0 spiro atoms. The van der Waals surface area contributed by atoms with E-state index >= 15 is 0 Å². The number of rotatable bonds is 9. The molecule has 2 N–H and O–H groups in total. The smallest absolute Gasteiger partial charge is 0.312 e. The van der Waals surface area contributed by atoms with Crippen LogP contribution in [0.25, 0.3) is 0 Å². The van der Waals surface area contributed by atoms with E-state index in [-0.39, 0.29) is 6.42 Å². The lowest BCUT2D eigenvalue weighted by atomic mass is 9.54. The second-order valence-corrected chi connectivity index (χ2v) is 8.76. The molecular weight excluding hydrogens is 376 g/mol. The summed E-state index contributed by atoms with van der Waals surface area (Å²) < 4.78 is 5.59. The SMILES string of the molecule is CCCCCCCCCOC(=O)C1CC2(O)c3ccccc3C1(O)c1ccccc12. The molecule has 0 amide bonds. The largest absolute Gasteiger partial charge is 0.465 e. The summed E-state index contributed by atoms with van der Waals surface area (Å²) >= 11 is 0. The summed E-state index contributed by atoms with van der Waals surface area (Å²) in [5.74, 6) is -1.25. The van der Waals surface area contributed by atoms with Crippen LogP contribution in [-0.4, -0.2) is 22.8 Å². The molecule has 1 unspecified atom stereocenters. The van der Waals surface area contributed by atoms with Gasteiger partial charge in [0.05, 0.1) is 12.5 Å². The summed E-state index contributed by atoms with van der Waals surface area (Å²) in [5, 5.41) is 23.5. The van der Waals surface area contributed by atoms with Crippen LogP contribution in [0.4, 0.5) is 0 Å². The van der Waals surface area contributed by atoms with Crippen LogP contribution in [0.1, 0.15) is 80.5 Å². The summed E-state index contributed by atoms with van der Waals surface area (Å²) in [4.78, 5) is 13.0. The molecule has 0 aliphatic heterocycles. The van der Waals surface area contributed by atoms with Crippen LogP contribution in [0, 0.1) is 5.92 Å². The van der Waals surface area contributed by atoms with Crippen LogP contribution in [-0.2, 0) is 20.7 Å². The molecule has 3 aliphatic rings. The number of ether oxygens (including phenoxy) is 1. The van der Waals surface area contributed by atoms with Crippen molar-refractivity contribution in [3.8, 4) is 0 Å². The van der Waals surface area contributed by atoms with E-state index in [9.17, 15) is 15.0 Å². The highest BCUT2D eigenvalue weighted by atomic mass is 16.5. The standard InChI is InChI=1S/C26H32O4/c1-2-3-4-5-6-7-12-17-30-24(27)23-18-25(28)19-13-8-10-15-21(19)26(23,29)22-16-11-9-14-20(22)25/h8-11,13-16,23,28-29H,2-7,12,17-18H2,1H3. The first-order valence-electron chi connectivity index (χ1n) is 11.3. The number of unbranched alkanes of at least 4 members (excludes halogenated alkanes) is 6. The van der Waals surface area contributed by atoms with Gasteiger partial charge in [-0.3, -0.25) is 4.79 Å². The van der Waals surface area contributed by atoms with Gasteiger partial charge in [0.2, 0.25) is 0 Å². The first-order valence-corrected chi connectivity index (χ1v) is 11.3. The molecule has 0 fully saturated rings. The van der Waals surface area contributed by atoms with Crippen molar-refractivity contribution in [3.63, 3.8) is 0 Å². The van der Waals surface area contributed by atoms with Crippen LogP contribution in [0.3, 0.4) is 0 Å². The van der Waals surface area contributed by atoms with Gasteiger partial charge in [-0.15, -0.1) is 0 Å². The maximum Gasteiger partial charge on any atom is 0.312 e. The van der Waals surface area contributed by atoms with Crippen molar-refractivity contribution in [2.24, 2.45) is 5.92 Å². The summed E-state index contributed by atoms with van der Waals surface area (Å²) in [5.41, 5.74) is -0.189. The predicted octanol–water partition coefficient (Wildman–Crippen LogP) is 4.79. The summed E-state index contributed by atoms with van der Waals surface area (Å²) in [6.45, 7) is 2.57. The third-order valence-corrected chi connectivity index (χ3v) is 6.85. The van der Waals surface area contributed by atoms with Crippen LogP contribution in [0.2, 0.25) is 0 Å². The van der Waals surface area contributed by atoms with Gasteiger partial charge in [-0.1, -0.05) is 94.0 Å². The van der Waals surface area contributed by atoms with E-state index < -0.39 is 23.1 Å². The predicted molar refractivity (Wildman–Crippen MR) is 116 cm³/mol. The molecule has 0 heterocycles. The van der Waals surface area contributed by atoms with Crippen molar-refractivity contribution < 1.29 is 19.7 Å². The second kappa shape index (κ2) is 8.52. The zero-order valence-corrected chi connectivity index (χ0v) is 17.8. The Hall–Kier alpha value is -2.17. The van der Waals surface area contributed by atoms with Gasteiger partial charge in [0.15, 0.2) is 0 Å². The molecule has 4 heteroatoms. The Balaban J connectivity index is 1.49. The summed E-state index contributed by atoms with van der Waals surface area (Å²) in [6, 6.07) is 14.7. The van der Waals surface area contributed by atoms with Crippen molar-refractivity contribution in [2.75, 3.05) is 6.61 Å². The third kappa shape index (κ3) is 3.36. The van der Waals surface area contributed by atoms with E-state index in [1.165, 1.54) is 25.7 Å². The molecule has 3 aliphatic carbocycles. The fourth-order valence-electron chi connectivity index (χ4n) is 5.27. The van der Waals surface area contributed by atoms with Crippen LogP contribution >= 0.6 is 0 Å². The number of aliphatic hydroxyl groups is 2. The highest BCUT2D eigenvalue weighted by Crippen LogP contribution is 2.59. The van der Waals surface area contributed by atoms with Gasteiger partial charge in [-0.2, -0.15) is 0 Å². The Kier molecular flexibility index (Phi) is 5.99. The van der Waals surface area contributed by atoms with E-state index in [0.717, 1.165) is 19.3 Å². The van der Waals surface area contributed by atoms with Gasteiger partial charge in [0.25, 0.3) is 0 Å². The normalized spacial score (nSPS) is 26.2. The molecule has 0 saturated heterocycles. The highest BCUT2D eigenvalue weighted by Gasteiger charge is 2.62. The van der Waals surface area contributed by atoms with Gasteiger partial charge in [-0.05, 0) is 28.7 Å². The molecule has 30 heavy (non-hydrogen) atoms. The van der Waals surface area contributed by atoms with Gasteiger partial charge in [0.1, 0.15) is 11.2 Å². The lowest BCUT2D eigenvalue weighted by molar-refractivity contribution is -0.167. The Bertz CT molecular complexity index is 856. The maximum absolute atomic E-state index is 13.0. The molecule has 0 radical (unpaired) electrons. The van der Waals surface area contributed by atoms with E-state index in [2.05, 4.69) is 6.92 Å². The average molecular weight is 409 g/mol. The van der Waals surface area contributed by atoms with Gasteiger partial charge >= 0.3 is 5.97 Å². The molecular formula is C26H32O4. The van der Waals surface area contributed by atoms with Crippen LogP contribution in [0.15, 0.2) is 48.5 Å². The maximum atomic E-state index is 13.0. The molecule has 2 bridgehead atoms. The van der Waals surface area contributed by atoms with E-state index in [1.807, 2.05) is 48.5 Å². The number of benzene rings is 2. The summed E-state index contributed by atoms with van der Waals surface area (Å²) in [7, 11) is 0. The number of fused-ring (bicyclic) bond motifs is 1. The number of carbonyl (C=O) groups excluding carboxylic acids is 1. The minimum absolute atomic E-state index is 0.132. The van der Waals surface area contributed by atoms with Gasteiger partial charge in [0, 0.05) is 6.42 Å². The summed E-state index contributed by atoms with van der Waals surface area (Å²) in [6.07, 6.45) is 8.18. The van der Waals surface area contributed by atoms with Crippen molar-refractivity contribution in [3.05, 3.63) is 70.8 Å². The van der Waals surface area contributed by atoms with Gasteiger partial charge < -0.3 is 14.9 Å². The van der Waals surface area contributed by atoms with Crippen molar-refractivity contribution in [1.29, 1.82) is 0 Å². The van der Waals surface area contributed by atoms with E-state index in [1.54, 1.807) is 0 Å². The Morgan fingerprint density at radius 2 is 1.37 bits per heavy atom. The number of carbonyl (C=O) groups is 1. The van der Waals surface area contributed by atoms with Crippen molar-refractivity contribution in [1.82, 2.24) is 0 Å². The number of hydrogen-bond acceptors (Lipinski definition) is 4. The molecule has 2 aromatic carbocycles. The number of hydrogen-bond donors (Lipinski definition) is 2. The Morgan fingerprint density at radius 3 is 1.93 bits per heavy atom. The first kappa shape index (κ1) is 21.1. The zero-order valence-electron chi connectivity index (χ0n) is 17.8. The third-order valence-electron chi connectivity index (χ3n) is 6.85. The molecule has 4 nitrogen and oxygen atoms in total. The first-order chi connectivity index (χ1) is 14.5. The molecule has 2 aromatic rings. The quantitative estimate of drug-likeness (QED) is 0.463. The minimum atomic E-state index is -1.48. The van der Waals surface area contributed by atoms with Crippen LogP contribution in [0.5, 0.6) is 0 Å². The molecule has 0 aromatic heterocycles. The minimum Gasteiger partial charge on any atom is -0.465 e. The van der Waals surface area contributed by atoms with Gasteiger partial charge in [-0.25, -0.2) is 0 Å². The lowest BCUT2D eigenvalue weighted by Gasteiger charge is -2.53. The zero-order chi connectivity index (χ0) is 21.2. The Labute approximate surface area is 178 Å². The van der Waals surface area contributed by atoms with E-state index in [4.69, 9.17) is 4.74 Å². The lowest BCUT2D eigenvalue weighted by Crippen LogP contribution is -2.57. The van der Waals surface area contributed by atoms with Crippen molar-refractivity contribution >= 4 is 5.97 Å². The monoisotopic (exact) mass is 408 g/mol. The van der Waals surface area contributed by atoms with Crippen molar-refractivity contribution in [2.45, 2.75) is 69.5 Å². The second-order valence-electron chi connectivity index (χ2n) is 8.76. The fraction of sp³-hybridized carbons (Fsp3) is 0.500. The number of esters is 1. The highest BCUT2D eigenvalue weighted by molar-refractivity contribution is 5.79. The molecule has 1 atom stereocenters. The molecule has 160 valence electrons. The average Bonchev–Trinajstić information content (AvgIpc) is 2.77. The van der Waals surface area contributed by atoms with Crippen LogP contribution < -0.4 is 0 Å². The topological polar surface area (TPSA) is 66.8 Å². The molecule has 5 rings (SSSR count).